The highest BCUT2D eigenvalue weighted by molar-refractivity contribution is 5.85. The Morgan fingerprint density at radius 2 is 1.74 bits per heavy atom. The van der Waals surface area contributed by atoms with E-state index in [-0.39, 0.29) is 25.0 Å². The number of hydrogen-bond acceptors (Lipinski definition) is 5. The number of carboxylic acid groups (broad SMARTS) is 1. The molecule has 0 radical (unpaired) electrons. The van der Waals surface area contributed by atoms with E-state index in [4.69, 9.17) is 9.84 Å². The van der Waals surface area contributed by atoms with E-state index in [1.54, 1.807) is 13.1 Å². The molecule has 3 N–H and O–H groups in total. The van der Waals surface area contributed by atoms with Gasteiger partial charge in [0, 0.05) is 18.7 Å². The third-order valence-electron chi connectivity index (χ3n) is 6.09. The number of fused-ring (bicyclic) bond motifs is 3. The van der Waals surface area contributed by atoms with Gasteiger partial charge >= 0.3 is 12.1 Å². The Morgan fingerprint density at radius 1 is 1.09 bits per heavy atom. The van der Waals surface area contributed by atoms with Crippen LogP contribution in [0.5, 0.6) is 0 Å². The van der Waals surface area contributed by atoms with Gasteiger partial charge in [0.2, 0.25) is 5.91 Å². The van der Waals surface area contributed by atoms with Crippen LogP contribution in [0.1, 0.15) is 36.8 Å². The molecule has 2 aromatic carbocycles. The van der Waals surface area contributed by atoms with E-state index in [2.05, 4.69) is 40.0 Å². The summed E-state index contributed by atoms with van der Waals surface area (Å²) < 4.78 is 6.94. The smallest absolute Gasteiger partial charge is 0.411 e. The second-order valence-electron chi connectivity index (χ2n) is 8.61. The molecule has 0 spiro atoms. The largest absolute Gasteiger partial charge is 0.481 e. The van der Waals surface area contributed by atoms with Gasteiger partial charge < -0.3 is 15.2 Å². The van der Waals surface area contributed by atoms with Crippen molar-refractivity contribution >= 4 is 23.7 Å². The molecule has 1 heterocycles. The van der Waals surface area contributed by atoms with E-state index in [1.165, 1.54) is 10.9 Å². The molecular weight excluding hydrogens is 448 g/mol. The summed E-state index contributed by atoms with van der Waals surface area (Å²) in [4.78, 5) is 35.3. The Morgan fingerprint density at radius 3 is 2.40 bits per heavy atom. The molecule has 1 aliphatic rings. The van der Waals surface area contributed by atoms with Gasteiger partial charge in [-0.2, -0.15) is 5.10 Å². The zero-order valence-corrected chi connectivity index (χ0v) is 19.4. The first-order chi connectivity index (χ1) is 16.9. The Kier molecular flexibility index (Phi) is 7.45. The third-order valence-corrected chi connectivity index (χ3v) is 6.09. The van der Waals surface area contributed by atoms with Gasteiger partial charge in [-0.3, -0.25) is 19.6 Å². The molecule has 0 saturated carbocycles. The summed E-state index contributed by atoms with van der Waals surface area (Å²) in [5.41, 5.74) is 5.02. The van der Waals surface area contributed by atoms with Crippen LogP contribution in [0.25, 0.3) is 11.1 Å². The van der Waals surface area contributed by atoms with Crippen molar-refractivity contribution in [1.29, 1.82) is 0 Å². The van der Waals surface area contributed by atoms with Crippen molar-refractivity contribution in [2.75, 3.05) is 18.5 Å². The van der Waals surface area contributed by atoms with Gasteiger partial charge in [0.25, 0.3) is 0 Å². The molecule has 35 heavy (non-hydrogen) atoms. The molecule has 0 aliphatic heterocycles. The average molecular weight is 477 g/mol. The molecule has 9 heteroatoms. The molecule has 1 atom stereocenters. The monoisotopic (exact) mass is 476 g/mol. The SMILES string of the molecule is CC(CCCNC(=O)Cn1cc(NC(=O)OCC2c3ccccc3-c3ccccc32)cn1)C(=O)O. The number of nitrogens with one attached hydrogen (secondary N) is 2. The maximum absolute atomic E-state index is 12.4. The van der Waals surface area contributed by atoms with Crippen LogP contribution in [-0.2, 0) is 20.9 Å². The standard InChI is InChI=1S/C26H28N4O5/c1-17(25(32)33)7-6-12-27-24(31)15-30-14-18(13-28-30)29-26(34)35-16-23-21-10-4-2-8-19(21)20-9-3-5-11-22(20)23/h2-5,8-11,13-14,17,23H,6-7,12,15-16H2,1H3,(H,27,31)(H,29,34)(H,32,33). The minimum absolute atomic E-state index is 0.0130. The Bertz CT molecular complexity index is 1180. The van der Waals surface area contributed by atoms with E-state index in [0.29, 0.717) is 25.1 Å². The fourth-order valence-electron chi connectivity index (χ4n) is 4.23. The highest BCUT2D eigenvalue weighted by Gasteiger charge is 2.29. The van der Waals surface area contributed by atoms with Crippen molar-refractivity contribution in [3.8, 4) is 11.1 Å². The molecule has 182 valence electrons. The summed E-state index contributed by atoms with van der Waals surface area (Å²) in [7, 11) is 0. The summed E-state index contributed by atoms with van der Waals surface area (Å²) in [6.45, 7) is 2.22. The molecule has 0 bridgehead atoms. The molecule has 1 aromatic heterocycles. The predicted molar refractivity (Wildman–Crippen MR) is 130 cm³/mol. The summed E-state index contributed by atoms with van der Waals surface area (Å²) in [5, 5.41) is 18.4. The Hall–Kier alpha value is -4.14. The molecule has 2 amide bonds. The molecule has 0 saturated heterocycles. The number of anilines is 1. The number of carbonyl (C=O) groups excluding carboxylic acids is 2. The molecule has 9 nitrogen and oxygen atoms in total. The van der Waals surface area contributed by atoms with E-state index in [0.717, 1.165) is 22.3 Å². The van der Waals surface area contributed by atoms with Crippen molar-refractivity contribution < 1.29 is 24.2 Å². The quantitative estimate of drug-likeness (QED) is 0.382. The van der Waals surface area contributed by atoms with Crippen LogP contribution in [0.2, 0.25) is 0 Å². The number of benzene rings is 2. The zero-order valence-electron chi connectivity index (χ0n) is 19.4. The van der Waals surface area contributed by atoms with Crippen molar-refractivity contribution in [3.05, 3.63) is 72.1 Å². The fourth-order valence-corrected chi connectivity index (χ4v) is 4.23. The molecule has 1 unspecified atom stereocenters. The van der Waals surface area contributed by atoms with Crippen LogP contribution in [0.15, 0.2) is 60.9 Å². The van der Waals surface area contributed by atoms with Gasteiger partial charge in [0.15, 0.2) is 0 Å². The lowest BCUT2D eigenvalue weighted by molar-refractivity contribution is -0.141. The first kappa shape index (κ1) is 24.0. The first-order valence-electron chi connectivity index (χ1n) is 11.6. The number of rotatable bonds is 10. The highest BCUT2D eigenvalue weighted by atomic mass is 16.5. The van der Waals surface area contributed by atoms with Crippen LogP contribution in [0.4, 0.5) is 10.5 Å². The molecule has 0 fully saturated rings. The predicted octanol–water partition coefficient (Wildman–Crippen LogP) is 3.86. The lowest BCUT2D eigenvalue weighted by Gasteiger charge is -2.14. The van der Waals surface area contributed by atoms with E-state index >= 15 is 0 Å². The number of nitrogens with zero attached hydrogens (tertiary/aromatic N) is 2. The average Bonchev–Trinajstić information content (AvgIpc) is 3.42. The molecular formula is C26H28N4O5. The van der Waals surface area contributed by atoms with Crippen molar-refractivity contribution in [2.24, 2.45) is 5.92 Å². The summed E-state index contributed by atoms with van der Waals surface area (Å²) >= 11 is 0. The van der Waals surface area contributed by atoms with Gasteiger partial charge in [0.1, 0.15) is 13.2 Å². The van der Waals surface area contributed by atoms with Gasteiger partial charge in [0.05, 0.1) is 17.8 Å². The lowest BCUT2D eigenvalue weighted by atomic mass is 9.98. The summed E-state index contributed by atoms with van der Waals surface area (Å²) in [6.07, 6.45) is 3.47. The van der Waals surface area contributed by atoms with E-state index in [1.807, 2.05) is 24.3 Å². The Labute approximate surface area is 203 Å². The van der Waals surface area contributed by atoms with Crippen molar-refractivity contribution in [2.45, 2.75) is 32.2 Å². The number of amides is 2. The van der Waals surface area contributed by atoms with Gasteiger partial charge in [-0.1, -0.05) is 55.5 Å². The van der Waals surface area contributed by atoms with Crippen molar-refractivity contribution in [3.63, 3.8) is 0 Å². The minimum Gasteiger partial charge on any atom is -0.481 e. The van der Waals surface area contributed by atoms with E-state index < -0.39 is 18.0 Å². The maximum atomic E-state index is 12.4. The first-order valence-corrected chi connectivity index (χ1v) is 11.6. The topological polar surface area (TPSA) is 123 Å². The van der Waals surface area contributed by atoms with Crippen LogP contribution in [0.3, 0.4) is 0 Å². The molecule has 3 aromatic rings. The molecule has 4 rings (SSSR count). The highest BCUT2D eigenvalue weighted by Crippen LogP contribution is 2.44. The summed E-state index contributed by atoms with van der Waals surface area (Å²) in [6, 6.07) is 16.3. The third kappa shape index (κ3) is 5.87. The fraction of sp³-hybridized carbons (Fsp3) is 0.308. The lowest BCUT2D eigenvalue weighted by Crippen LogP contribution is -2.29. The van der Waals surface area contributed by atoms with Crippen LogP contribution < -0.4 is 10.6 Å². The van der Waals surface area contributed by atoms with E-state index in [9.17, 15) is 14.4 Å². The zero-order chi connectivity index (χ0) is 24.8. The Balaban J connectivity index is 1.24. The number of aromatic nitrogens is 2. The summed E-state index contributed by atoms with van der Waals surface area (Å²) in [5.74, 6) is -1.56. The second-order valence-corrected chi connectivity index (χ2v) is 8.61. The number of aliphatic carboxylic acids is 1. The van der Waals surface area contributed by atoms with Gasteiger partial charge in [-0.25, -0.2) is 4.79 Å². The number of carboxylic acids is 1. The van der Waals surface area contributed by atoms with Crippen molar-refractivity contribution in [1.82, 2.24) is 15.1 Å². The minimum atomic E-state index is -0.843. The van der Waals surface area contributed by atoms with Gasteiger partial charge in [-0.15, -0.1) is 0 Å². The van der Waals surface area contributed by atoms with Crippen LogP contribution in [-0.4, -0.2) is 46.0 Å². The van der Waals surface area contributed by atoms with Crippen LogP contribution >= 0.6 is 0 Å². The van der Waals surface area contributed by atoms with Gasteiger partial charge in [-0.05, 0) is 35.1 Å². The number of hydrogen-bond donors (Lipinski definition) is 3. The molecule has 1 aliphatic carbocycles. The van der Waals surface area contributed by atoms with Crippen LogP contribution in [0, 0.1) is 5.92 Å². The normalized spacial score (nSPS) is 12.9. The number of carbonyl (C=O) groups is 3. The second kappa shape index (κ2) is 10.9. The number of ether oxygens (including phenoxy) is 1. The maximum Gasteiger partial charge on any atom is 0.411 e.